The zero-order valence-electron chi connectivity index (χ0n) is 7.43. The molecule has 72 valence electrons. The maximum atomic E-state index is 11.3. The maximum Gasteiger partial charge on any atom is 0.228 e. The second kappa shape index (κ2) is 3.53. The highest BCUT2D eigenvalue weighted by atomic mass is 16.3. The van der Waals surface area contributed by atoms with Gasteiger partial charge in [-0.3, -0.25) is 4.79 Å². The lowest BCUT2D eigenvalue weighted by molar-refractivity contribution is -0.117. The van der Waals surface area contributed by atoms with Crippen molar-refractivity contribution >= 4 is 17.4 Å². The van der Waals surface area contributed by atoms with Gasteiger partial charge in [-0.15, -0.1) is 4.91 Å². The predicted octanol–water partition coefficient (Wildman–Crippen LogP) is 1.83. The van der Waals surface area contributed by atoms with Crippen LogP contribution in [0.4, 0.5) is 11.5 Å². The van der Waals surface area contributed by atoms with Crippen LogP contribution in [-0.4, -0.2) is 10.9 Å². The minimum Gasteiger partial charge on any atom is -0.310 e. The van der Waals surface area contributed by atoms with Crippen LogP contribution in [0.5, 0.6) is 0 Å². The van der Waals surface area contributed by atoms with Gasteiger partial charge in [-0.05, 0) is 24.1 Å². The van der Waals surface area contributed by atoms with Crippen LogP contribution in [0.15, 0.2) is 23.5 Å². The van der Waals surface area contributed by atoms with Gasteiger partial charge in [0.15, 0.2) is 0 Å². The van der Waals surface area contributed by atoms with E-state index in [-0.39, 0.29) is 17.5 Å². The van der Waals surface area contributed by atoms with E-state index in [0.29, 0.717) is 5.82 Å². The normalized spacial score (nSPS) is 14.9. The highest BCUT2D eigenvalue weighted by molar-refractivity contribution is 5.93. The molecule has 1 aliphatic carbocycles. The Bertz CT molecular complexity index is 374. The molecule has 0 atom stereocenters. The van der Waals surface area contributed by atoms with E-state index < -0.39 is 0 Å². The fraction of sp³-hybridized carbons (Fsp3) is 0.333. The summed E-state index contributed by atoms with van der Waals surface area (Å²) in [7, 11) is 0. The van der Waals surface area contributed by atoms with Gasteiger partial charge in [-0.1, -0.05) is 0 Å². The summed E-state index contributed by atoms with van der Waals surface area (Å²) >= 11 is 0. The third kappa shape index (κ3) is 1.93. The van der Waals surface area contributed by atoms with Gasteiger partial charge in [-0.25, -0.2) is 4.98 Å². The third-order valence-corrected chi connectivity index (χ3v) is 2.05. The number of amides is 1. The summed E-state index contributed by atoms with van der Waals surface area (Å²) in [5.41, 5.74) is 0.270. The second-order valence-corrected chi connectivity index (χ2v) is 3.25. The van der Waals surface area contributed by atoms with Gasteiger partial charge >= 0.3 is 0 Å². The fourth-order valence-electron chi connectivity index (χ4n) is 1.12. The van der Waals surface area contributed by atoms with E-state index in [9.17, 15) is 9.70 Å². The van der Waals surface area contributed by atoms with Gasteiger partial charge in [0.25, 0.3) is 0 Å². The predicted molar refractivity (Wildman–Crippen MR) is 51.0 cm³/mol. The summed E-state index contributed by atoms with van der Waals surface area (Å²) in [5.74, 6) is 0.490. The molecule has 2 rings (SSSR count). The second-order valence-electron chi connectivity index (χ2n) is 3.25. The van der Waals surface area contributed by atoms with E-state index in [4.69, 9.17) is 0 Å². The Morgan fingerprint density at radius 3 is 3.00 bits per heavy atom. The number of hydrogen-bond donors (Lipinski definition) is 1. The average Bonchev–Trinajstić information content (AvgIpc) is 3.01. The Morgan fingerprint density at radius 1 is 1.57 bits per heavy atom. The molecule has 0 radical (unpaired) electrons. The van der Waals surface area contributed by atoms with Crippen molar-refractivity contribution in [3.05, 3.63) is 23.2 Å². The van der Waals surface area contributed by atoms with Gasteiger partial charge in [0, 0.05) is 18.2 Å². The van der Waals surface area contributed by atoms with E-state index >= 15 is 0 Å². The summed E-state index contributed by atoms with van der Waals surface area (Å²) in [6.45, 7) is 0. The molecule has 1 saturated carbocycles. The SMILES string of the molecule is O=Nc1ccnc(NC(=O)C2CC2)c1. The summed E-state index contributed by atoms with van der Waals surface area (Å²) < 4.78 is 0. The molecule has 1 heterocycles. The zero-order valence-corrected chi connectivity index (χ0v) is 7.43. The van der Waals surface area contributed by atoms with Crippen molar-refractivity contribution in [3.8, 4) is 0 Å². The van der Waals surface area contributed by atoms with Crippen LogP contribution in [0, 0.1) is 10.8 Å². The molecule has 1 N–H and O–H groups in total. The molecule has 5 heteroatoms. The largest absolute Gasteiger partial charge is 0.310 e. The van der Waals surface area contributed by atoms with Crippen LogP contribution in [0.2, 0.25) is 0 Å². The van der Waals surface area contributed by atoms with Crippen LogP contribution in [-0.2, 0) is 4.79 Å². The molecule has 0 unspecified atom stereocenters. The van der Waals surface area contributed by atoms with Crippen LogP contribution >= 0.6 is 0 Å². The standard InChI is InChI=1S/C9H9N3O2/c13-9(6-1-2-6)11-8-5-7(12-14)3-4-10-8/h3-6H,1-2H2,(H,10,11,13). The fourth-order valence-corrected chi connectivity index (χ4v) is 1.12. The number of nitrogens with zero attached hydrogens (tertiary/aromatic N) is 2. The molecule has 0 aromatic carbocycles. The zero-order chi connectivity index (χ0) is 9.97. The molecule has 0 aliphatic heterocycles. The molecule has 1 amide bonds. The number of nitroso groups, excluding NO2 is 1. The summed E-state index contributed by atoms with van der Waals surface area (Å²) in [5, 5.41) is 5.39. The number of carbonyl (C=O) groups is 1. The summed E-state index contributed by atoms with van der Waals surface area (Å²) in [4.78, 5) is 25.4. The Kier molecular flexibility index (Phi) is 2.22. The first-order valence-electron chi connectivity index (χ1n) is 4.40. The van der Waals surface area contributed by atoms with Crippen molar-refractivity contribution in [2.75, 3.05) is 5.32 Å². The molecule has 0 bridgehead atoms. The molecule has 0 saturated heterocycles. The first kappa shape index (κ1) is 8.80. The van der Waals surface area contributed by atoms with E-state index in [1.165, 1.54) is 18.3 Å². The van der Waals surface area contributed by atoms with E-state index in [1.807, 2.05) is 0 Å². The molecule has 1 fully saturated rings. The van der Waals surface area contributed by atoms with Gasteiger partial charge in [0.1, 0.15) is 11.5 Å². The lowest BCUT2D eigenvalue weighted by atomic mass is 10.3. The van der Waals surface area contributed by atoms with Crippen molar-refractivity contribution in [1.29, 1.82) is 0 Å². The smallest absolute Gasteiger partial charge is 0.228 e. The molecule has 1 aromatic rings. The molecular weight excluding hydrogens is 182 g/mol. The quantitative estimate of drug-likeness (QED) is 0.741. The lowest BCUT2D eigenvalue weighted by Gasteiger charge is -2.01. The van der Waals surface area contributed by atoms with E-state index in [0.717, 1.165) is 12.8 Å². The van der Waals surface area contributed by atoms with Crippen LogP contribution in [0.3, 0.4) is 0 Å². The van der Waals surface area contributed by atoms with E-state index in [1.54, 1.807) is 0 Å². The van der Waals surface area contributed by atoms with E-state index in [2.05, 4.69) is 15.5 Å². The van der Waals surface area contributed by atoms with Gasteiger partial charge in [-0.2, -0.15) is 0 Å². The molecular formula is C9H9N3O2. The highest BCUT2D eigenvalue weighted by Gasteiger charge is 2.29. The van der Waals surface area contributed by atoms with Crippen LogP contribution in [0.25, 0.3) is 0 Å². The average molecular weight is 191 g/mol. The number of pyridine rings is 1. The highest BCUT2D eigenvalue weighted by Crippen LogP contribution is 2.30. The molecule has 1 aliphatic rings. The summed E-state index contributed by atoms with van der Waals surface area (Å²) in [6.07, 6.45) is 3.33. The van der Waals surface area contributed by atoms with Crippen molar-refractivity contribution in [2.45, 2.75) is 12.8 Å². The molecule has 14 heavy (non-hydrogen) atoms. The van der Waals surface area contributed by atoms with Crippen LogP contribution in [0.1, 0.15) is 12.8 Å². The number of hydrogen-bond acceptors (Lipinski definition) is 4. The van der Waals surface area contributed by atoms with Crippen molar-refractivity contribution < 1.29 is 4.79 Å². The number of carbonyl (C=O) groups excluding carboxylic acids is 1. The Balaban J connectivity index is 2.07. The Labute approximate surface area is 80.5 Å². The van der Waals surface area contributed by atoms with Crippen molar-refractivity contribution in [1.82, 2.24) is 4.98 Å². The maximum absolute atomic E-state index is 11.3. The van der Waals surface area contributed by atoms with Crippen molar-refractivity contribution in [3.63, 3.8) is 0 Å². The van der Waals surface area contributed by atoms with Gasteiger partial charge in [0.05, 0.1) is 0 Å². The molecule has 0 spiro atoms. The topological polar surface area (TPSA) is 71.4 Å². The van der Waals surface area contributed by atoms with Gasteiger partial charge in [0.2, 0.25) is 5.91 Å². The molecule has 5 nitrogen and oxygen atoms in total. The monoisotopic (exact) mass is 191 g/mol. The number of anilines is 1. The minimum absolute atomic E-state index is 0.0273. The van der Waals surface area contributed by atoms with Gasteiger partial charge < -0.3 is 5.32 Å². The Morgan fingerprint density at radius 2 is 2.36 bits per heavy atom. The van der Waals surface area contributed by atoms with Crippen molar-refractivity contribution in [2.24, 2.45) is 11.1 Å². The third-order valence-electron chi connectivity index (χ3n) is 2.05. The first-order chi connectivity index (χ1) is 6.79. The van der Waals surface area contributed by atoms with Crippen LogP contribution < -0.4 is 5.32 Å². The lowest BCUT2D eigenvalue weighted by Crippen LogP contribution is -2.13. The number of nitrogens with one attached hydrogen (secondary N) is 1. The summed E-state index contributed by atoms with van der Waals surface area (Å²) in [6, 6.07) is 2.94. The number of aromatic nitrogens is 1. The first-order valence-corrected chi connectivity index (χ1v) is 4.40. The molecule has 1 aromatic heterocycles. The minimum atomic E-state index is -0.0273. The number of rotatable bonds is 3. The Hall–Kier alpha value is -1.78.